The summed E-state index contributed by atoms with van der Waals surface area (Å²) in [5.74, 6) is 0.976. The van der Waals surface area contributed by atoms with Crippen molar-refractivity contribution in [1.82, 2.24) is 0 Å². The molecule has 1 N–H and O–H groups in total. The van der Waals surface area contributed by atoms with Crippen molar-refractivity contribution in [3.05, 3.63) is 0 Å². The first-order valence-corrected chi connectivity index (χ1v) is 4.92. The zero-order valence-corrected chi connectivity index (χ0v) is 8.12. The first-order chi connectivity index (χ1) is 5.75. The van der Waals surface area contributed by atoms with E-state index in [0.717, 1.165) is 13.0 Å². The Kier molecular flexibility index (Phi) is 4.02. The Labute approximate surface area is 74.9 Å². The maximum absolute atomic E-state index is 9.71. The van der Waals surface area contributed by atoms with Gasteiger partial charge in [0.05, 0.1) is 6.10 Å². The molecular weight excluding hydrogens is 152 g/mol. The maximum atomic E-state index is 9.71. The van der Waals surface area contributed by atoms with E-state index in [4.69, 9.17) is 4.74 Å². The average Bonchev–Trinajstić information content (AvgIpc) is 2.05. The molecule has 0 spiro atoms. The lowest BCUT2D eigenvalue weighted by atomic mass is 9.79. The molecular formula is C10H20O2. The fourth-order valence-electron chi connectivity index (χ4n) is 2.19. The Hall–Kier alpha value is -0.0800. The second-order valence-electron chi connectivity index (χ2n) is 3.95. The summed E-state index contributed by atoms with van der Waals surface area (Å²) < 4.78 is 5.09. The number of aliphatic hydroxyl groups excluding tert-OH is 1. The Morgan fingerprint density at radius 3 is 2.67 bits per heavy atom. The van der Waals surface area contributed by atoms with Gasteiger partial charge in [-0.05, 0) is 24.7 Å². The number of methoxy groups -OCH3 is 1. The Morgan fingerprint density at radius 2 is 2.08 bits per heavy atom. The molecule has 0 aliphatic heterocycles. The van der Waals surface area contributed by atoms with Gasteiger partial charge in [0.1, 0.15) is 0 Å². The van der Waals surface area contributed by atoms with Crippen molar-refractivity contribution in [2.45, 2.75) is 38.7 Å². The van der Waals surface area contributed by atoms with Crippen molar-refractivity contribution >= 4 is 0 Å². The van der Waals surface area contributed by atoms with E-state index in [9.17, 15) is 5.11 Å². The molecule has 3 atom stereocenters. The molecule has 12 heavy (non-hydrogen) atoms. The first kappa shape index (κ1) is 10.0. The normalized spacial score (nSPS) is 33.2. The molecule has 1 saturated carbocycles. The van der Waals surface area contributed by atoms with E-state index in [1.54, 1.807) is 7.11 Å². The van der Waals surface area contributed by atoms with Crippen LogP contribution in [-0.4, -0.2) is 24.9 Å². The lowest BCUT2D eigenvalue weighted by Crippen LogP contribution is -2.31. The van der Waals surface area contributed by atoms with E-state index in [-0.39, 0.29) is 6.10 Å². The third-order valence-electron chi connectivity index (χ3n) is 2.94. The molecule has 72 valence electrons. The SMILES string of the molecule is COCC(C)C1CCCCC1O. The molecule has 1 aliphatic carbocycles. The third-order valence-corrected chi connectivity index (χ3v) is 2.94. The van der Waals surface area contributed by atoms with Crippen LogP contribution in [0.2, 0.25) is 0 Å². The molecule has 2 nitrogen and oxygen atoms in total. The summed E-state index contributed by atoms with van der Waals surface area (Å²) in [4.78, 5) is 0. The molecule has 0 saturated heterocycles. The Balaban J connectivity index is 2.36. The Morgan fingerprint density at radius 1 is 1.42 bits per heavy atom. The monoisotopic (exact) mass is 172 g/mol. The molecule has 0 bridgehead atoms. The highest BCUT2D eigenvalue weighted by atomic mass is 16.5. The summed E-state index contributed by atoms with van der Waals surface area (Å²) in [6, 6.07) is 0. The van der Waals surface area contributed by atoms with Crippen molar-refractivity contribution in [3.8, 4) is 0 Å². The van der Waals surface area contributed by atoms with E-state index in [1.807, 2.05) is 0 Å². The van der Waals surface area contributed by atoms with E-state index < -0.39 is 0 Å². The summed E-state index contributed by atoms with van der Waals surface area (Å²) >= 11 is 0. The number of ether oxygens (including phenoxy) is 1. The third kappa shape index (κ3) is 2.46. The fraction of sp³-hybridized carbons (Fsp3) is 1.00. The van der Waals surface area contributed by atoms with Gasteiger partial charge < -0.3 is 9.84 Å². The molecule has 0 amide bonds. The minimum Gasteiger partial charge on any atom is -0.393 e. The van der Waals surface area contributed by atoms with Crippen LogP contribution in [0, 0.1) is 11.8 Å². The van der Waals surface area contributed by atoms with Gasteiger partial charge in [0, 0.05) is 13.7 Å². The van der Waals surface area contributed by atoms with Crippen LogP contribution in [0.1, 0.15) is 32.6 Å². The van der Waals surface area contributed by atoms with Gasteiger partial charge in [-0.3, -0.25) is 0 Å². The largest absolute Gasteiger partial charge is 0.393 e. The quantitative estimate of drug-likeness (QED) is 0.703. The molecule has 1 aliphatic rings. The predicted octanol–water partition coefficient (Wildman–Crippen LogP) is 1.82. The van der Waals surface area contributed by atoms with Crippen LogP contribution >= 0.6 is 0 Å². The fourth-order valence-corrected chi connectivity index (χ4v) is 2.19. The summed E-state index contributed by atoms with van der Waals surface area (Å²) in [6.07, 6.45) is 4.54. The van der Waals surface area contributed by atoms with E-state index in [1.165, 1.54) is 19.3 Å². The zero-order valence-electron chi connectivity index (χ0n) is 8.12. The van der Waals surface area contributed by atoms with Crippen LogP contribution in [0.3, 0.4) is 0 Å². The van der Waals surface area contributed by atoms with Crippen LogP contribution < -0.4 is 0 Å². The maximum Gasteiger partial charge on any atom is 0.0571 e. The van der Waals surface area contributed by atoms with Gasteiger partial charge in [0.15, 0.2) is 0 Å². The Bertz CT molecular complexity index is 125. The highest BCUT2D eigenvalue weighted by molar-refractivity contribution is 4.78. The molecule has 0 aromatic carbocycles. The highest BCUT2D eigenvalue weighted by Gasteiger charge is 2.27. The summed E-state index contributed by atoms with van der Waals surface area (Å²) in [5, 5.41) is 9.71. The van der Waals surface area contributed by atoms with Crippen molar-refractivity contribution in [2.24, 2.45) is 11.8 Å². The smallest absolute Gasteiger partial charge is 0.0571 e. The van der Waals surface area contributed by atoms with Crippen molar-refractivity contribution in [3.63, 3.8) is 0 Å². The topological polar surface area (TPSA) is 29.5 Å². The van der Waals surface area contributed by atoms with Crippen molar-refractivity contribution < 1.29 is 9.84 Å². The lowest BCUT2D eigenvalue weighted by molar-refractivity contribution is 0.0155. The molecule has 3 unspecified atom stereocenters. The van der Waals surface area contributed by atoms with Crippen molar-refractivity contribution in [2.75, 3.05) is 13.7 Å². The number of rotatable bonds is 3. The number of aliphatic hydroxyl groups is 1. The van der Waals surface area contributed by atoms with Crippen LogP contribution in [-0.2, 0) is 4.74 Å². The molecule has 1 fully saturated rings. The van der Waals surface area contributed by atoms with Gasteiger partial charge in [0.25, 0.3) is 0 Å². The summed E-state index contributed by atoms with van der Waals surface area (Å²) in [5.41, 5.74) is 0. The second kappa shape index (κ2) is 4.83. The molecule has 2 heteroatoms. The predicted molar refractivity (Wildman–Crippen MR) is 49.0 cm³/mol. The molecule has 0 aromatic heterocycles. The molecule has 0 radical (unpaired) electrons. The molecule has 1 rings (SSSR count). The standard InChI is InChI=1S/C10H20O2/c1-8(7-12-2)9-5-3-4-6-10(9)11/h8-11H,3-7H2,1-2H3. The van der Waals surface area contributed by atoms with Crippen LogP contribution in [0.5, 0.6) is 0 Å². The second-order valence-corrected chi connectivity index (χ2v) is 3.95. The highest BCUT2D eigenvalue weighted by Crippen LogP contribution is 2.30. The van der Waals surface area contributed by atoms with Gasteiger partial charge in [-0.2, -0.15) is 0 Å². The van der Waals surface area contributed by atoms with Crippen molar-refractivity contribution in [1.29, 1.82) is 0 Å². The van der Waals surface area contributed by atoms with Gasteiger partial charge in [0.2, 0.25) is 0 Å². The first-order valence-electron chi connectivity index (χ1n) is 4.92. The van der Waals surface area contributed by atoms with Crippen LogP contribution in [0.15, 0.2) is 0 Å². The zero-order chi connectivity index (χ0) is 8.97. The van der Waals surface area contributed by atoms with E-state index in [0.29, 0.717) is 11.8 Å². The van der Waals surface area contributed by atoms with Gasteiger partial charge >= 0.3 is 0 Å². The van der Waals surface area contributed by atoms with Gasteiger partial charge in [-0.1, -0.05) is 19.8 Å². The van der Waals surface area contributed by atoms with Crippen LogP contribution in [0.25, 0.3) is 0 Å². The minimum absolute atomic E-state index is 0.0797. The van der Waals surface area contributed by atoms with E-state index in [2.05, 4.69) is 6.92 Å². The molecule has 0 heterocycles. The summed E-state index contributed by atoms with van der Waals surface area (Å²) in [6.45, 7) is 2.95. The minimum atomic E-state index is -0.0797. The van der Waals surface area contributed by atoms with Crippen LogP contribution in [0.4, 0.5) is 0 Å². The van der Waals surface area contributed by atoms with Gasteiger partial charge in [-0.25, -0.2) is 0 Å². The number of hydrogen-bond acceptors (Lipinski definition) is 2. The lowest BCUT2D eigenvalue weighted by Gasteiger charge is -2.31. The summed E-state index contributed by atoms with van der Waals surface area (Å²) in [7, 11) is 1.73. The number of hydrogen-bond donors (Lipinski definition) is 1. The van der Waals surface area contributed by atoms with Gasteiger partial charge in [-0.15, -0.1) is 0 Å². The molecule has 0 aromatic rings. The van der Waals surface area contributed by atoms with E-state index >= 15 is 0 Å². The average molecular weight is 172 g/mol.